The zero-order valence-electron chi connectivity index (χ0n) is 33.6. The minimum atomic E-state index is -0.955. The molecule has 13 heteroatoms. The second kappa shape index (κ2) is 18.6. The number of hydroxylamine groups is 2. The average molecular weight is 752 g/mol. The molecule has 0 bridgehead atoms. The van der Waals surface area contributed by atoms with Gasteiger partial charge in [0.2, 0.25) is 23.6 Å². The van der Waals surface area contributed by atoms with Gasteiger partial charge in [-0.25, -0.2) is 4.79 Å². The number of piperidine rings is 1. The number of fused-ring (bicyclic) bond motifs is 1. The summed E-state index contributed by atoms with van der Waals surface area (Å²) in [7, 11) is 0. The fraction of sp³-hybridized carbons (Fsp3) is 0.683. The summed E-state index contributed by atoms with van der Waals surface area (Å²) < 4.78 is 0. The molecule has 5 atom stereocenters. The van der Waals surface area contributed by atoms with Crippen LogP contribution in [0, 0.1) is 17.8 Å². The molecule has 54 heavy (non-hydrogen) atoms. The first kappa shape index (κ1) is 42.8. The van der Waals surface area contributed by atoms with Gasteiger partial charge in [0.1, 0.15) is 18.1 Å². The number of amides is 6. The van der Waals surface area contributed by atoms with E-state index in [0.29, 0.717) is 51.5 Å². The average Bonchev–Trinajstić information content (AvgIpc) is 3.58. The van der Waals surface area contributed by atoms with Crippen LogP contribution in [0.3, 0.4) is 0 Å². The molecule has 0 saturated carbocycles. The Bertz CT molecular complexity index is 1480. The molecule has 6 amide bonds. The van der Waals surface area contributed by atoms with Gasteiger partial charge in [-0.15, -0.1) is 0 Å². The first-order chi connectivity index (χ1) is 25.4. The number of hydrogen-bond donors (Lipinski definition) is 6. The Morgan fingerprint density at radius 1 is 0.889 bits per heavy atom. The molecule has 0 spiro atoms. The molecule has 3 heterocycles. The summed E-state index contributed by atoms with van der Waals surface area (Å²) in [5.74, 6) is -2.07. The second-order valence-corrected chi connectivity index (χ2v) is 17.5. The van der Waals surface area contributed by atoms with Crippen LogP contribution < -0.4 is 26.6 Å². The van der Waals surface area contributed by atoms with Crippen molar-refractivity contribution in [1.82, 2.24) is 36.5 Å². The third-order valence-corrected chi connectivity index (χ3v) is 10.9. The van der Waals surface area contributed by atoms with Crippen molar-refractivity contribution < 1.29 is 29.2 Å². The molecule has 0 radical (unpaired) electrons. The van der Waals surface area contributed by atoms with E-state index in [0.717, 1.165) is 5.56 Å². The van der Waals surface area contributed by atoms with Crippen LogP contribution in [0.5, 0.6) is 0 Å². The molecular formula is C41H65N7O6. The minimum Gasteiger partial charge on any atom is -0.351 e. The zero-order chi connectivity index (χ0) is 39.8. The number of nitrogens with zero attached hydrogens (tertiary/aromatic N) is 2. The molecule has 2 saturated heterocycles. The second-order valence-electron chi connectivity index (χ2n) is 17.5. The molecule has 6 N–H and O–H groups in total. The van der Waals surface area contributed by atoms with Crippen LogP contribution >= 0.6 is 0 Å². The van der Waals surface area contributed by atoms with Crippen LogP contribution in [-0.2, 0) is 25.6 Å². The first-order valence-electron chi connectivity index (χ1n) is 19.9. The molecule has 3 aliphatic rings. The maximum Gasteiger partial charge on any atom is 0.315 e. The first-order valence-corrected chi connectivity index (χ1v) is 19.9. The van der Waals surface area contributed by atoms with E-state index in [1.54, 1.807) is 4.90 Å². The Hall–Kier alpha value is -3.97. The maximum atomic E-state index is 14.3. The number of urea groups is 1. The number of carbonyl (C=O) groups excluding carboxylic acids is 5. The van der Waals surface area contributed by atoms with Gasteiger partial charge in [0.05, 0.1) is 5.92 Å². The molecule has 3 aliphatic heterocycles. The van der Waals surface area contributed by atoms with Crippen LogP contribution in [0.25, 0.3) is 0 Å². The van der Waals surface area contributed by atoms with E-state index in [2.05, 4.69) is 40.4 Å². The smallest absolute Gasteiger partial charge is 0.315 e. The highest BCUT2D eigenvalue weighted by Gasteiger charge is 2.46. The third kappa shape index (κ3) is 11.5. The number of hydrogen-bond acceptors (Lipinski definition) is 7. The van der Waals surface area contributed by atoms with E-state index >= 15 is 0 Å². The van der Waals surface area contributed by atoms with Gasteiger partial charge < -0.3 is 36.7 Å². The van der Waals surface area contributed by atoms with Crippen molar-refractivity contribution in [2.45, 2.75) is 148 Å². The molecule has 0 aliphatic carbocycles. The largest absolute Gasteiger partial charge is 0.351 e. The van der Waals surface area contributed by atoms with E-state index in [1.807, 2.05) is 84.0 Å². The summed E-state index contributed by atoms with van der Waals surface area (Å²) >= 11 is 0. The summed E-state index contributed by atoms with van der Waals surface area (Å²) in [6, 6.07) is 6.11. The third-order valence-electron chi connectivity index (χ3n) is 10.9. The Balaban J connectivity index is 1.62. The lowest BCUT2D eigenvalue weighted by molar-refractivity contribution is -0.246. The summed E-state index contributed by atoms with van der Waals surface area (Å²) in [5, 5.41) is 27.1. The highest BCUT2D eigenvalue weighted by atomic mass is 16.5. The molecule has 1 aromatic carbocycles. The van der Waals surface area contributed by atoms with Crippen molar-refractivity contribution in [3.05, 3.63) is 48.0 Å². The van der Waals surface area contributed by atoms with Crippen LogP contribution in [0.15, 0.2) is 42.5 Å². The van der Waals surface area contributed by atoms with Crippen molar-refractivity contribution in [2.24, 2.45) is 17.8 Å². The monoisotopic (exact) mass is 751 g/mol. The Morgan fingerprint density at radius 3 is 2.19 bits per heavy atom. The highest BCUT2D eigenvalue weighted by Crippen LogP contribution is 2.36. The predicted octanol–water partition coefficient (Wildman–Crippen LogP) is 4.05. The van der Waals surface area contributed by atoms with E-state index in [1.165, 1.54) is 5.06 Å². The summed E-state index contributed by atoms with van der Waals surface area (Å²) in [5.41, 5.74) is -0.208. The van der Waals surface area contributed by atoms with Crippen molar-refractivity contribution in [3.8, 4) is 0 Å². The number of nitrogens with one attached hydrogen (secondary N) is 5. The van der Waals surface area contributed by atoms with Gasteiger partial charge in [-0.05, 0) is 96.5 Å². The molecule has 2 fully saturated rings. The van der Waals surface area contributed by atoms with Gasteiger partial charge in [0.15, 0.2) is 0 Å². The predicted molar refractivity (Wildman–Crippen MR) is 208 cm³/mol. The zero-order valence-corrected chi connectivity index (χ0v) is 33.6. The molecule has 1 aromatic rings. The molecular weight excluding hydrogens is 686 g/mol. The maximum absolute atomic E-state index is 14.3. The Morgan fingerprint density at radius 2 is 1.56 bits per heavy atom. The minimum absolute atomic E-state index is 0.181. The van der Waals surface area contributed by atoms with E-state index in [-0.39, 0.29) is 54.7 Å². The summed E-state index contributed by atoms with van der Waals surface area (Å²) in [4.78, 5) is 71.0. The lowest BCUT2D eigenvalue weighted by Gasteiger charge is -2.51. The van der Waals surface area contributed by atoms with Gasteiger partial charge in [0, 0.05) is 36.3 Å². The van der Waals surface area contributed by atoms with Crippen LogP contribution in [0.4, 0.5) is 4.79 Å². The summed E-state index contributed by atoms with van der Waals surface area (Å²) in [6.07, 6.45) is 7.59. The highest BCUT2D eigenvalue weighted by molar-refractivity contribution is 5.95. The standard InChI is InChI=1S/C41H65N7O6/c1-26(2)22-30-19-18-29(23-28-14-10-9-11-15-28)38(52)47-21-13-17-33(47)36(50)46-34(27(3)4)37(51)45-32(16-12-20-42-39(53)44-30)35(49)43-31-24-40(5,6)48(54)41(7,8)25-31/h9-11,14-15,18-19,26-27,29-34,54H,12-13,16-17,20-25H2,1-8H3,(H,43,49)(H,45,51)(H,46,50)(H2,42,44,53)/b19-18+/t29-,30+,32+,33+,34?/m1/s1. The topological polar surface area (TPSA) is 172 Å². The van der Waals surface area contributed by atoms with Crippen molar-refractivity contribution in [1.29, 1.82) is 0 Å². The van der Waals surface area contributed by atoms with Crippen molar-refractivity contribution >= 4 is 29.7 Å². The van der Waals surface area contributed by atoms with Gasteiger partial charge >= 0.3 is 6.03 Å². The Kier molecular flexibility index (Phi) is 14.7. The van der Waals surface area contributed by atoms with E-state index in [4.69, 9.17) is 0 Å². The van der Waals surface area contributed by atoms with Gasteiger partial charge in [-0.3, -0.25) is 19.2 Å². The fourth-order valence-corrected chi connectivity index (χ4v) is 8.30. The van der Waals surface area contributed by atoms with Gasteiger partial charge in [-0.1, -0.05) is 70.2 Å². The fourth-order valence-electron chi connectivity index (χ4n) is 8.30. The molecule has 0 aromatic heterocycles. The van der Waals surface area contributed by atoms with E-state index in [9.17, 15) is 29.2 Å². The van der Waals surface area contributed by atoms with Gasteiger partial charge in [-0.2, -0.15) is 5.06 Å². The molecule has 4 rings (SSSR count). The van der Waals surface area contributed by atoms with Crippen LogP contribution in [0.1, 0.15) is 106 Å². The van der Waals surface area contributed by atoms with Gasteiger partial charge in [0.25, 0.3) is 0 Å². The number of benzene rings is 1. The lowest BCUT2D eigenvalue weighted by Crippen LogP contribution is -2.64. The molecule has 1 unspecified atom stereocenters. The van der Waals surface area contributed by atoms with Crippen molar-refractivity contribution in [3.63, 3.8) is 0 Å². The SMILES string of the molecule is CC(C)C[C@@H]1/C=C/[C@H](Cc2ccccc2)C(=O)N2CCC[C@H]2C(=O)NC(C(C)C)C(=O)N[C@H](C(=O)NC2CC(C)(C)N(O)C(C)(C)C2)CCCNC(=O)N1. The van der Waals surface area contributed by atoms with Crippen LogP contribution in [0.2, 0.25) is 0 Å². The van der Waals surface area contributed by atoms with Crippen LogP contribution in [-0.4, -0.2) is 99.2 Å². The normalized spacial score (nSPS) is 28.5. The van der Waals surface area contributed by atoms with Crippen molar-refractivity contribution in [2.75, 3.05) is 13.1 Å². The Labute approximate surface area is 321 Å². The lowest BCUT2D eigenvalue weighted by atomic mass is 9.79. The molecule has 13 nitrogen and oxygen atoms in total. The number of rotatable bonds is 7. The quantitative estimate of drug-likeness (QED) is 0.228. The summed E-state index contributed by atoms with van der Waals surface area (Å²) in [6.45, 7) is 16.1. The number of carbonyl (C=O) groups is 5. The molecule has 300 valence electrons. The van der Waals surface area contributed by atoms with E-state index < -0.39 is 46.9 Å².